The Kier molecular flexibility index (Phi) is 7.09. The Morgan fingerprint density at radius 3 is 2.71 bits per heavy atom. The third-order valence-electron chi connectivity index (χ3n) is 4.40. The van der Waals surface area contributed by atoms with E-state index in [1.807, 2.05) is 31.2 Å². The summed E-state index contributed by atoms with van der Waals surface area (Å²) in [7, 11) is 0. The van der Waals surface area contributed by atoms with Crippen LogP contribution in [-0.4, -0.2) is 31.6 Å². The Bertz CT molecular complexity index is 541. The van der Waals surface area contributed by atoms with Crippen LogP contribution in [0.5, 0.6) is 5.75 Å². The van der Waals surface area contributed by atoms with Crippen molar-refractivity contribution in [2.45, 2.75) is 39.5 Å². The van der Waals surface area contributed by atoms with Gasteiger partial charge in [-0.25, -0.2) is 4.79 Å². The fraction of sp³-hybridized carbons (Fsp3) is 0.579. The molecule has 24 heavy (non-hydrogen) atoms. The maximum atomic E-state index is 12.2. The molecule has 0 saturated heterocycles. The monoisotopic (exact) mass is 333 g/mol. The van der Waals surface area contributed by atoms with Crippen LogP contribution in [0, 0.1) is 11.8 Å². The molecule has 1 aliphatic rings. The number of hydrogen-bond acceptors (Lipinski definition) is 4. The zero-order valence-electron chi connectivity index (χ0n) is 14.5. The topological polar surface area (TPSA) is 64.6 Å². The highest BCUT2D eigenvalue weighted by molar-refractivity contribution is 5.84. The van der Waals surface area contributed by atoms with Crippen molar-refractivity contribution in [2.75, 3.05) is 19.8 Å². The normalized spacial score (nSPS) is 20.5. The van der Waals surface area contributed by atoms with Gasteiger partial charge >= 0.3 is 6.09 Å². The summed E-state index contributed by atoms with van der Waals surface area (Å²) < 4.78 is 10.3. The molecule has 1 aromatic rings. The summed E-state index contributed by atoms with van der Waals surface area (Å²) in [4.78, 5) is 23.3. The first-order chi connectivity index (χ1) is 11.6. The third-order valence-corrected chi connectivity index (χ3v) is 4.40. The molecule has 0 aliphatic heterocycles. The van der Waals surface area contributed by atoms with Crippen LogP contribution < -0.4 is 10.1 Å². The summed E-state index contributed by atoms with van der Waals surface area (Å²) in [6.45, 7) is 4.94. The maximum absolute atomic E-state index is 12.2. The fourth-order valence-electron chi connectivity index (χ4n) is 3.07. The Morgan fingerprint density at radius 2 is 2.00 bits per heavy atom. The Morgan fingerprint density at radius 1 is 1.25 bits per heavy atom. The van der Waals surface area contributed by atoms with Gasteiger partial charge in [-0.05, 0) is 43.9 Å². The molecule has 5 heteroatoms. The van der Waals surface area contributed by atoms with Crippen molar-refractivity contribution in [3.8, 4) is 5.75 Å². The van der Waals surface area contributed by atoms with Crippen molar-refractivity contribution in [2.24, 2.45) is 11.8 Å². The van der Waals surface area contributed by atoms with E-state index < -0.39 is 6.09 Å². The van der Waals surface area contributed by atoms with Crippen molar-refractivity contribution in [3.63, 3.8) is 0 Å². The molecule has 2 rings (SSSR count). The van der Waals surface area contributed by atoms with Gasteiger partial charge in [0.1, 0.15) is 18.1 Å². The van der Waals surface area contributed by atoms with Crippen LogP contribution in [-0.2, 0) is 16.0 Å². The van der Waals surface area contributed by atoms with Crippen LogP contribution in [0.4, 0.5) is 4.79 Å². The number of carbonyl (C=O) groups is 2. The van der Waals surface area contributed by atoms with E-state index in [2.05, 4.69) is 5.32 Å². The largest absolute Gasteiger partial charge is 0.492 e. The summed E-state index contributed by atoms with van der Waals surface area (Å²) in [5.74, 6) is 1.53. The second kappa shape index (κ2) is 9.30. The molecule has 1 amide bonds. The van der Waals surface area contributed by atoms with Gasteiger partial charge in [0.15, 0.2) is 0 Å². The lowest BCUT2D eigenvalue weighted by atomic mass is 9.78. The lowest BCUT2D eigenvalue weighted by Crippen LogP contribution is -2.28. The molecule has 2 atom stereocenters. The number of carbonyl (C=O) groups excluding carboxylic acids is 2. The molecule has 1 fully saturated rings. The van der Waals surface area contributed by atoms with E-state index in [4.69, 9.17) is 9.47 Å². The second-order valence-corrected chi connectivity index (χ2v) is 6.28. The molecule has 0 heterocycles. The number of benzene rings is 1. The number of amides is 1. The zero-order valence-corrected chi connectivity index (χ0v) is 14.5. The van der Waals surface area contributed by atoms with Crippen LogP contribution in [0.3, 0.4) is 0 Å². The van der Waals surface area contributed by atoms with Gasteiger partial charge in [0.25, 0.3) is 0 Å². The standard InChI is InChI=1S/C19H27NO4/c1-3-23-19(22)20-11-12-24-17-9-7-15(8-10-17)13-16-6-4-5-14(2)18(16)21/h7-10,14,16H,3-6,11-13H2,1-2H3,(H,20,22). The van der Waals surface area contributed by atoms with Crippen molar-refractivity contribution in [3.05, 3.63) is 29.8 Å². The number of hydrogen-bond donors (Lipinski definition) is 1. The molecule has 0 spiro atoms. The molecular formula is C19H27NO4. The minimum Gasteiger partial charge on any atom is -0.492 e. The van der Waals surface area contributed by atoms with E-state index in [0.717, 1.165) is 31.4 Å². The highest BCUT2D eigenvalue weighted by Gasteiger charge is 2.27. The minimum absolute atomic E-state index is 0.161. The van der Waals surface area contributed by atoms with E-state index in [1.54, 1.807) is 6.92 Å². The van der Waals surface area contributed by atoms with E-state index >= 15 is 0 Å². The highest BCUT2D eigenvalue weighted by atomic mass is 16.5. The Hall–Kier alpha value is -2.04. The van der Waals surface area contributed by atoms with E-state index in [1.165, 1.54) is 5.56 Å². The fourth-order valence-corrected chi connectivity index (χ4v) is 3.07. The van der Waals surface area contributed by atoms with E-state index in [-0.39, 0.29) is 11.8 Å². The van der Waals surface area contributed by atoms with Crippen molar-refractivity contribution in [1.82, 2.24) is 5.32 Å². The predicted molar refractivity (Wildman–Crippen MR) is 92.2 cm³/mol. The molecule has 0 bridgehead atoms. The number of ketones is 1. The van der Waals surface area contributed by atoms with Crippen LogP contribution >= 0.6 is 0 Å². The van der Waals surface area contributed by atoms with Gasteiger partial charge in [0.2, 0.25) is 0 Å². The number of Topliss-reactive ketones (excluding diaryl/α,β-unsaturated/α-hetero) is 1. The van der Waals surface area contributed by atoms with Crippen LogP contribution in [0.2, 0.25) is 0 Å². The van der Waals surface area contributed by atoms with Gasteiger partial charge < -0.3 is 14.8 Å². The SMILES string of the molecule is CCOC(=O)NCCOc1ccc(CC2CCCC(C)C2=O)cc1. The maximum Gasteiger partial charge on any atom is 0.407 e. The van der Waals surface area contributed by atoms with E-state index in [0.29, 0.717) is 25.5 Å². The van der Waals surface area contributed by atoms with Gasteiger partial charge in [-0.15, -0.1) is 0 Å². The predicted octanol–water partition coefficient (Wildman–Crippen LogP) is 3.36. The van der Waals surface area contributed by atoms with Crippen LogP contribution in [0.15, 0.2) is 24.3 Å². The average Bonchev–Trinajstić information content (AvgIpc) is 2.57. The van der Waals surface area contributed by atoms with E-state index in [9.17, 15) is 9.59 Å². The highest BCUT2D eigenvalue weighted by Crippen LogP contribution is 2.28. The van der Waals surface area contributed by atoms with Gasteiger partial charge in [-0.2, -0.15) is 0 Å². The zero-order chi connectivity index (χ0) is 17.4. The van der Waals surface area contributed by atoms with Crippen molar-refractivity contribution >= 4 is 11.9 Å². The first kappa shape index (κ1) is 18.3. The minimum atomic E-state index is -0.428. The number of nitrogens with one attached hydrogen (secondary N) is 1. The summed E-state index contributed by atoms with van der Waals surface area (Å²) >= 11 is 0. The number of alkyl carbamates (subject to hydrolysis) is 1. The molecule has 1 aromatic carbocycles. The molecule has 1 saturated carbocycles. The first-order valence-corrected chi connectivity index (χ1v) is 8.76. The lowest BCUT2D eigenvalue weighted by molar-refractivity contribution is -0.128. The lowest BCUT2D eigenvalue weighted by Gasteiger charge is -2.25. The molecule has 1 N–H and O–H groups in total. The van der Waals surface area contributed by atoms with Crippen LogP contribution in [0.25, 0.3) is 0 Å². The molecular weight excluding hydrogens is 306 g/mol. The Balaban J connectivity index is 1.74. The van der Waals surface area contributed by atoms with Gasteiger partial charge in [0, 0.05) is 11.8 Å². The molecule has 5 nitrogen and oxygen atoms in total. The Labute approximate surface area is 143 Å². The summed E-state index contributed by atoms with van der Waals surface area (Å²) in [6.07, 6.45) is 3.56. The van der Waals surface area contributed by atoms with Crippen molar-refractivity contribution < 1.29 is 19.1 Å². The summed E-state index contributed by atoms with van der Waals surface area (Å²) in [5.41, 5.74) is 1.17. The van der Waals surface area contributed by atoms with Crippen LogP contribution in [0.1, 0.15) is 38.7 Å². The van der Waals surface area contributed by atoms with Gasteiger partial charge in [-0.1, -0.05) is 25.5 Å². The number of ether oxygens (including phenoxy) is 2. The molecule has 1 aliphatic carbocycles. The number of rotatable bonds is 7. The third kappa shape index (κ3) is 5.55. The molecule has 0 radical (unpaired) electrons. The molecule has 2 unspecified atom stereocenters. The van der Waals surface area contributed by atoms with Crippen molar-refractivity contribution in [1.29, 1.82) is 0 Å². The average molecular weight is 333 g/mol. The van der Waals surface area contributed by atoms with Gasteiger partial charge in [-0.3, -0.25) is 4.79 Å². The summed E-state index contributed by atoms with van der Waals surface area (Å²) in [6, 6.07) is 7.86. The first-order valence-electron chi connectivity index (χ1n) is 8.76. The quantitative estimate of drug-likeness (QED) is 0.777. The smallest absolute Gasteiger partial charge is 0.407 e. The summed E-state index contributed by atoms with van der Waals surface area (Å²) in [5, 5.41) is 2.60. The molecule has 0 aromatic heterocycles. The molecule has 132 valence electrons. The second-order valence-electron chi connectivity index (χ2n) is 6.28. The van der Waals surface area contributed by atoms with Gasteiger partial charge in [0.05, 0.1) is 13.2 Å².